The Kier molecular flexibility index (Phi) is 3.66. The van der Waals surface area contributed by atoms with Crippen molar-refractivity contribution in [3.8, 4) is 0 Å². The molecule has 0 spiro atoms. The maximum Gasteiger partial charge on any atom is 0.278 e. The molecule has 0 N–H and O–H groups in total. The molecule has 108 valence electrons. The highest BCUT2D eigenvalue weighted by Crippen LogP contribution is 2.28. The minimum Gasteiger partial charge on any atom is -0.379 e. The summed E-state index contributed by atoms with van der Waals surface area (Å²) in [7, 11) is 1.67. The molecular formula is C16H17N3O2. The van der Waals surface area contributed by atoms with Crippen molar-refractivity contribution in [2.24, 2.45) is 0 Å². The van der Waals surface area contributed by atoms with Gasteiger partial charge in [-0.2, -0.15) is 0 Å². The van der Waals surface area contributed by atoms with Gasteiger partial charge in [0, 0.05) is 25.4 Å². The van der Waals surface area contributed by atoms with Crippen LogP contribution in [0, 0.1) is 6.92 Å². The maximum absolute atomic E-state index is 12.7. The molecule has 1 aromatic heterocycles. The number of hydrogen-bond donors (Lipinski definition) is 0. The van der Waals surface area contributed by atoms with Crippen LogP contribution in [-0.4, -0.2) is 35.6 Å². The molecule has 0 saturated heterocycles. The van der Waals surface area contributed by atoms with Crippen molar-refractivity contribution in [3.05, 3.63) is 53.6 Å². The Morgan fingerprint density at radius 1 is 1.29 bits per heavy atom. The fraction of sp³-hybridized carbons (Fsp3) is 0.312. The molecule has 1 aromatic carbocycles. The first kappa shape index (κ1) is 13.7. The van der Waals surface area contributed by atoms with Crippen LogP contribution in [0.5, 0.6) is 0 Å². The number of aromatic nitrogens is 2. The van der Waals surface area contributed by atoms with E-state index in [-0.39, 0.29) is 12.0 Å². The number of anilines is 1. The van der Waals surface area contributed by atoms with Crippen LogP contribution < -0.4 is 4.90 Å². The van der Waals surface area contributed by atoms with E-state index in [1.165, 1.54) is 6.20 Å². The molecule has 5 heteroatoms. The predicted octanol–water partition coefficient (Wildman–Crippen LogP) is 2.00. The Morgan fingerprint density at radius 2 is 2.10 bits per heavy atom. The Morgan fingerprint density at radius 3 is 2.81 bits per heavy atom. The third-order valence-corrected chi connectivity index (χ3v) is 3.69. The molecule has 5 nitrogen and oxygen atoms in total. The molecule has 2 heterocycles. The lowest BCUT2D eigenvalue weighted by Crippen LogP contribution is -2.43. The van der Waals surface area contributed by atoms with Crippen LogP contribution in [0.4, 0.5) is 5.69 Å². The number of carbonyl (C=O) groups excluding carboxylic acids is 1. The lowest BCUT2D eigenvalue weighted by Gasteiger charge is -2.33. The van der Waals surface area contributed by atoms with E-state index in [9.17, 15) is 4.79 Å². The summed E-state index contributed by atoms with van der Waals surface area (Å²) in [5.41, 5.74) is 3.19. The van der Waals surface area contributed by atoms with Crippen LogP contribution in [0.3, 0.4) is 0 Å². The van der Waals surface area contributed by atoms with E-state index in [2.05, 4.69) is 9.97 Å². The largest absolute Gasteiger partial charge is 0.379 e. The molecular weight excluding hydrogens is 266 g/mol. The van der Waals surface area contributed by atoms with E-state index in [0.717, 1.165) is 23.4 Å². The number of nitrogens with zero attached hydrogens (tertiary/aromatic N) is 3. The maximum atomic E-state index is 12.7. The number of fused-ring (bicyclic) bond motifs is 1. The first-order chi connectivity index (χ1) is 10.2. The van der Waals surface area contributed by atoms with Crippen LogP contribution in [0.2, 0.25) is 0 Å². The van der Waals surface area contributed by atoms with Crippen molar-refractivity contribution in [3.63, 3.8) is 0 Å². The quantitative estimate of drug-likeness (QED) is 0.846. The van der Waals surface area contributed by atoms with Crippen molar-refractivity contribution in [2.45, 2.75) is 19.4 Å². The summed E-state index contributed by atoms with van der Waals surface area (Å²) >= 11 is 0. The molecule has 0 unspecified atom stereocenters. The Labute approximate surface area is 123 Å². The van der Waals surface area contributed by atoms with E-state index in [1.54, 1.807) is 18.2 Å². The molecule has 0 fully saturated rings. The second-order valence-electron chi connectivity index (χ2n) is 5.15. The smallest absolute Gasteiger partial charge is 0.278 e. The van der Waals surface area contributed by atoms with Crippen LogP contribution in [0.15, 0.2) is 36.7 Å². The van der Waals surface area contributed by atoms with Gasteiger partial charge in [0.05, 0.1) is 24.5 Å². The molecule has 0 aliphatic carbocycles. The number of ether oxygens (including phenoxy) is 1. The third-order valence-electron chi connectivity index (χ3n) is 3.69. The van der Waals surface area contributed by atoms with Crippen molar-refractivity contribution in [1.82, 2.24) is 9.97 Å². The number of para-hydroxylation sites is 1. The summed E-state index contributed by atoms with van der Waals surface area (Å²) in [5, 5.41) is 0. The molecule has 0 saturated carbocycles. The van der Waals surface area contributed by atoms with Gasteiger partial charge in [-0.15, -0.1) is 0 Å². The average molecular weight is 283 g/mol. The Hall–Kier alpha value is -2.27. The number of aryl methyl sites for hydroxylation is 1. The molecule has 3 rings (SSSR count). The zero-order valence-corrected chi connectivity index (χ0v) is 12.1. The van der Waals surface area contributed by atoms with Gasteiger partial charge in [0.2, 0.25) is 0 Å². The monoisotopic (exact) mass is 283 g/mol. The van der Waals surface area contributed by atoms with Crippen LogP contribution >= 0.6 is 0 Å². The summed E-state index contributed by atoms with van der Waals surface area (Å²) < 4.78 is 5.45. The minimum absolute atomic E-state index is 0.00209. The predicted molar refractivity (Wildman–Crippen MR) is 79.4 cm³/mol. The molecule has 1 aliphatic rings. The summed E-state index contributed by atoms with van der Waals surface area (Å²) in [5.74, 6) is -0.142. The molecule has 2 aromatic rings. The summed E-state index contributed by atoms with van der Waals surface area (Å²) in [6.07, 6.45) is 3.95. The normalized spacial score (nSPS) is 17.4. The van der Waals surface area contributed by atoms with Crippen LogP contribution in [-0.2, 0) is 11.2 Å². The molecule has 1 atom stereocenters. The number of carbonyl (C=O) groups is 1. The fourth-order valence-electron chi connectivity index (χ4n) is 2.55. The first-order valence-electron chi connectivity index (χ1n) is 6.90. The second-order valence-corrected chi connectivity index (χ2v) is 5.15. The van der Waals surface area contributed by atoms with Gasteiger partial charge in [-0.25, -0.2) is 4.98 Å². The van der Waals surface area contributed by atoms with Crippen molar-refractivity contribution in [1.29, 1.82) is 0 Å². The van der Waals surface area contributed by atoms with Gasteiger partial charge in [-0.1, -0.05) is 18.2 Å². The van der Waals surface area contributed by atoms with Crippen LogP contribution in [0.1, 0.15) is 21.7 Å². The number of amides is 1. The van der Waals surface area contributed by atoms with E-state index < -0.39 is 0 Å². The van der Waals surface area contributed by atoms with Gasteiger partial charge in [0.15, 0.2) is 0 Å². The highest BCUT2D eigenvalue weighted by Gasteiger charge is 2.29. The zero-order chi connectivity index (χ0) is 14.8. The van der Waals surface area contributed by atoms with Gasteiger partial charge in [-0.05, 0) is 18.6 Å². The van der Waals surface area contributed by atoms with Crippen molar-refractivity contribution in [2.75, 3.05) is 18.6 Å². The number of hydrogen-bond acceptors (Lipinski definition) is 4. The van der Waals surface area contributed by atoms with E-state index in [0.29, 0.717) is 12.2 Å². The Balaban J connectivity index is 1.97. The fourth-order valence-corrected chi connectivity index (χ4v) is 2.55. The van der Waals surface area contributed by atoms with E-state index in [1.807, 2.05) is 31.2 Å². The molecule has 1 amide bonds. The minimum atomic E-state index is -0.142. The van der Waals surface area contributed by atoms with E-state index >= 15 is 0 Å². The standard InChI is InChI=1S/C16H17N3O2/c1-11-8-18-14(9-17-11)16(20)19-10-13(21-2)7-12-5-3-4-6-15(12)19/h3-6,8-9,13H,7,10H2,1-2H3/t13-/m0/s1. The highest BCUT2D eigenvalue weighted by atomic mass is 16.5. The summed E-state index contributed by atoms with van der Waals surface area (Å²) in [6, 6.07) is 7.90. The second kappa shape index (κ2) is 5.61. The van der Waals surface area contributed by atoms with E-state index in [4.69, 9.17) is 4.74 Å². The zero-order valence-electron chi connectivity index (χ0n) is 12.1. The number of benzene rings is 1. The van der Waals surface area contributed by atoms with Gasteiger partial charge in [0.1, 0.15) is 5.69 Å². The average Bonchev–Trinajstić information content (AvgIpc) is 2.53. The third kappa shape index (κ3) is 2.64. The SMILES string of the molecule is CO[C@H]1Cc2ccccc2N(C(=O)c2cnc(C)cn2)C1. The molecule has 0 radical (unpaired) electrons. The van der Waals surface area contributed by atoms with Gasteiger partial charge in [-0.3, -0.25) is 9.78 Å². The number of methoxy groups -OCH3 is 1. The molecule has 0 bridgehead atoms. The highest BCUT2D eigenvalue weighted by molar-refractivity contribution is 6.05. The van der Waals surface area contributed by atoms with Crippen molar-refractivity contribution >= 4 is 11.6 Å². The summed E-state index contributed by atoms with van der Waals surface area (Å²) in [6.45, 7) is 2.38. The Bertz CT molecular complexity index is 655. The van der Waals surface area contributed by atoms with Gasteiger partial charge < -0.3 is 9.64 Å². The van der Waals surface area contributed by atoms with Gasteiger partial charge >= 0.3 is 0 Å². The topological polar surface area (TPSA) is 55.3 Å². The summed E-state index contributed by atoms with van der Waals surface area (Å²) in [4.78, 5) is 22.8. The first-order valence-corrected chi connectivity index (χ1v) is 6.90. The lowest BCUT2D eigenvalue weighted by atomic mass is 9.99. The molecule has 21 heavy (non-hydrogen) atoms. The van der Waals surface area contributed by atoms with Gasteiger partial charge in [0.25, 0.3) is 5.91 Å². The van der Waals surface area contributed by atoms with Crippen molar-refractivity contribution < 1.29 is 9.53 Å². The number of rotatable bonds is 2. The van der Waals surface area contributed by atoms with Crippen LogP contribution in [0.25, 0.3) is 0 Å². The molecule has 1 aliphatic heterocycles. The lowest BCUT2D eigenvalue weighted by molar-refractivity contribution is 0.0866.